The molecule has 0 saturated carbocycles. The van der Waals surface area contributed by atoms with Crippen molar-refractivity contribution < 1.29 is 9.90 Å². The first-order valence-electron chi connectivity index (χ1n) is 5.07. The Morgan fingerprint density at radius 1 is 1.39 bits per heavy atom. The van der Waals surface area contributed by atoms with Crippen LogP contribution < -0.4 is 11.2 Å². The molecule has 0 fully saturated rings. The van der Waals surface area contributed by atoms with Crippen LogP contribution in [0.25, 0.3) is 10.8 Å². The molecule has 0 saturated heterocycles. The van der Waals surface area contributed by atoms with E-state index in [0.717, 1.165) is 15.2 Å². The number of amides is 2. The fourth-order valence-electron chi connectivity index (χ4n) is 1.61. The molecule has 18 heavy (non-hydrogen) atoms. The molecule has 2 aromatic rings. The quantitative estimate of drug-likeness (QED) is 0.587. The zero-order chi connectivity index (χ0) is 13.1. The maximum absolute atomic E-state index is 10.5. The van der Waals surface area contributed by atoms with Crippen LogP contribution in [0.2, 0.25) is 0 Å². The number of hydrazone groups is 1. The number of hydrogen-bond donors (Lipinski definition) is 3. The van der Waals surface area contributed by atoms with Crippen LogP contribution in [0.4, 0.5) is 4.79 Å². The summed E-state index contributed by atoms with van der Waals surface area (Å²) in [5, 5.41) is 15.2. The van der Waals surface area contributed by atoms with Crippen molar-refractivity contribution in [2.24, 2.45) is 10.8 Å². The van der Waals surface area contributed by atoms with Crippen LogP contribution >= 0.6 is 15.9 Å². The lowest BCUT2D eigenvalue weighted by atomic mass is 10.0. The van der Waals surface area contributed by atoms with Crippen molar-refractivity contribution in [3.63, 3.8) is 0 Å². The molecule has 0 bridgehead atoms. The third-order valence-corrected chi connectivity index (χ3v) is 2.86. The SMILES string of the molecule is NC(=O)NN=Cc1c(O)ccc2cc(Br)ccc12. The summed E-state index contributed by atoms with van der Waals surface area (Å²) in [6.45, 7) is 0. The minimum absolute atomic E-state index is 0.0832. The largest absolute Gasteiger partial charge is 0.507 e. The molecule has 0 aliphatic heterocycles. The highest BCUT2D eigenvalue weighted by atomic mass is 79.9. The highest BCUT2D eigenvalue weighted by molar-refractivity contribution is 9.10. The third kappa shape index (κ3) is 2.60. The van der Waals surface area contributed by atoms with Crippen molar-refractivity contribution in [2.45, 2.75) is 0 Å². The average Bonchev–Trinajstić information content (AvgIpc) is 2.31. The number of nitrogens with one attached hydrogen (secondary N) is 1. The van der Waals surface area contributed by atoms with Crippen LogP contribution in [0.3, 0.4) is 0 Å². The Morgan fingerprint density at radius 3 is 2.89 bits per heavy atom. The molecule has 2 rings (SSSR count). The Balaban J connectivity index is 2.51. The van der Waals surface area contributed by atoms with E-state index in [0.29, 0.717) is 5.56 Å². The summed E-state index contributed by atoms with van der Waals surface area (Å²) in [5.41, 5.74) is 7.50. The lowest BCUT2D eigenvalue weighted by Gasteiger charge is -2.05. The second-order valence-corrected chi connectivity index (χ2v) is 4.51. The molecule has 0 aliphatic rings. The Hall–Kier alpha value is -2.08. The lowest BCUT2D eigenvalue weighted by Crippen LogP contribution is -2.24. The molecule has 2 aromatic carbocycles. The summed E-state index contributed by atoms with van der Waals surface area (Å²) in [4.78, 5) is 10.5. The van der Waals surface area contributed by atoms with E-state index in [-0.39, 0.29) is 5.75 Å². The molecule has 0 heterocycles. The smallest absolute Gasteiger partial charge is 0.332 e. The molecule has 0 aromatic heterocycles. The van der Waals surface area contributed by atoms with E-state index in [1.165, 1.54) is 6.21 Å². The number of nitrogens with zero attached hydrogens (tertiary/aromatic N) is 1. The first kappa shape index (κ1) is 12.4. The van der Waals surface area contributed by atoms with Crippen LogP contribution in [0.1, 0.15) is 5.56 Å². The summed E-state index contributed by atoms with van der Waals surface area (Å²) in [5.74, 6) is 0.0832. The number of nitrogens with two attached hydrogens (primary N) is 1. The molecule has 0 radical (unpaired) electrons. The molecular weight excluding hydrogens is 298 g/mol. The van der Waals surface area contributed by atoms with Gasteiger partial charge < -0.3 is 10.8 Å². The highest BCUT2D eigenvalue weighted by Crippen LogP contribution is 2.27. The van der Waals surface area contributed by atoms with E-state index in [4.69, 9.17) is 5.73 Å². The summed E-state index contributed by atoms with van der Waals surface area (Å²) >= 11 is 3.38. The maximum atomic E-state index is 10.5. The minimum Gasteiger partial charge on any atom is -0.507 e. The van der Waals surface area contributed by atoms with E-state index in [1.54, 1.807) is 12.1 Å². The van der Waals surface area contributed by atoms with Crippen molar-refractivity contribution in [1.29, 1.82) is 0 Å². The van der Waals surface area contributed by atoms with Gasteiger partial charge >= 0.3 is 6.03 Å². The predicted octanol–water partition coefficient (Wildman–Crippen LogP) is 2.31. The molecule has 6 heteroatoms. The van der Waals surface area contributed by atoms with E-state index in [2.05, 4.69) is 26.5 Å². The number of phenolic OH excluding ortho intramolecular Hbond substituents is 1. The van der Waals surface area contributed by atoms with Crippen LogP contribution in [0.5, 0.6) is 5.75 Å². The number of benzene rings is 2. The van der Waals surface area contributed by atoms with Crippen molar-refractivity contribution in [3.05, 3.63) is 40.4 Å². The molecule has 0 atom stereocenters. The average molecular weight is 308 g/mol. The van der Waals surface area contributed by atoms with Crippen molar-refractivity contribution in [1.82, 2.24) is 5.43 Å². The van der Waals surface area contributed by atoms with Crippen LogP contribution in [0.15, 0.2) is 39.9 Å². The zero-order valence-electron chi connectivity index (χ0n) is 9.22. The monoisotopic (exact) mass is 307 g/mol. The van der Waals surface area contributed by atoms with Gasteiger partial charge in [0.15, 0.2) is 0 Å². The van der Waals surface area contributed by atoms with E-state index in [9.17, 15) is 9.90 Å². The van der Waals surface area contributed by atoms with Crippen molar-refractivity contribution in [2.75, 3.05) is 0 Å². The van der Waals surface area contributed by atoms with Gasteiger partial charge in [-0.1, -0.05) is 28.1 Å². The normalized spacial score (nSPS) is 10.9. The van der Waals surface area contributed by atoms with E-state index < -0.39 is 6.03 Å². The van der Waals surface area contributed by atoms with Gasteiger partial charge in [-0.15, -0.1) is 0 Å². The fraction of sp³-hybridized carbons (Fsp3) is 0. The Morgan fingerprint density at radius 2 is 2.17 bits per heavy atom. The van der Waals surface area contributed by atoms with Gasteiger partial charge in [0.05, 0.1) is 6.21 Å². The van der Waals surface area contributed by atoms with Gasteiger partial charge in [0.1, 0.15) is 5.75 Å². The molecule has 0 aliphatic carbocycles. The fourth-order valence-corrected chi connectivity index (χ4v) is 1.99. The number of urea groups is 1. The van der Waals surface area contributed by atoms with Gasteiger partial charge in [-0.2, -0.15) is 5.10 Å². The van der Waals surface area contributed by atoms with Gasteiger partial charge in [0, 0.05) is 10.0 Å². The summed E-state index contributed by atoms with van der Waals surface area (Å²) < 4.78 is 0.943. The number of rotatable bonds is 2. The van der Waals surface area contributed by atoms with Gasteiger partial charge in [0.25, 0.3) is 0 Å². The molecule has 4 N–H and O–H groups in total. The Bertz CT molecular complexity index is 641. The number of halogens is 1. The first-order chi connectivity index (χ1) is 8.58. The highest BCUT2D eigenvalue weighted by Gasteiger charge is 2.05. The topological polar surface area (TPSA) is 87.7 Å². The predicted molar refractivity (Wildman–Crippen MR) is 73.6 cm³/mol. The van der Waals surface area contributed by atoms with Gasteiger partial charge in [-0.05, 0) is 29.0 Å². The Kier molecular flexibility index (Phi) is 3.47. The van der Waals surface area contributed by atoms with Crippen LogP contribution in [0, 0.1) is 0 Å². The van der Waals surface area contributed by atoms with Crippen molar-refractivity contribution in [3.8, 4) is 5.75 Å². The number of hydrogen-bond acceptors (Lipinski definition) is 3. The minimum atomic E-state index is -0.756. The van der Waals surface area contributed by atoms with Crippen LogP contribution in [-0.2, 0) is 0 Å². The number of carbonyl (C=O) groups excluding carboxylic acids is 1. The second-order valence-electron chi connectivity index (χ2n) is 3.60. The number of carbonyl (C=O) groups is 1. The van der Waals surface area contributed by atoms with Gasteiger partial charge in [-0.3, -0.25) is 0 Å². The van der Waals surface area contributed by atoms with E-state index >= 15 is 0 Å². The summed E-state index contributed by atoms with van der Waals surface area (Å²) in [7, 11) is 0. The third-order valence-electron chi connectivity index (χ3n) is 2.37. The number of primary amides is 1. The summed E-state index contributed by atoms with van der Waals surface area (Å²) in [6.07, 6.45) is 1.36. The number of aromatic hydroxyl groups is 1. The number of phenols is 1. The second kappa shape index (κ2) is 5.05. The zero-order valence-corrected chi connectivity index (χ0v) is 10.8. The van der Waals surface area contributed by atoms with Crippen molar-refractivity contribution >= 4 is 38.9 Å². The van der Waals surface area contributed by atoms with Gasteiger partial charge in [-0.25, -0.2) is 10.2 Å². The standard InChI is InChI=1S/C12H10BrN3O2/c13-8-2-3-9-7(5-8)1-4-11(17)10(9)6-15-16-12(14)18/h1-6,17H,(H3,14,16,18). The molecule has 5 nitrogen and oxygen atoms in total. The maximum Gasteiger partial charge on any atom is 0.332 e. The molecule has 92 valence electrons. The molecule has 0 spiro atoms. The lowest BCUT2D eigenvalue weighted by molar-refractivity contribution is 0.249. The van der Waals surface area contributed by atoms with E-state index in [1.807, 2.05) is 18.2 Å². The van der Waals surface area contributed by atoms with Gasteiger partial charge in [0.2, 0.25) is 0 Å². The Labute approximate surface area is 111 Å². The summed E-state index contributed by atoms with van der Waals surface area (Å²) in [6, 6.07) is 8.25. The molecular formula is C12H10BrN3O2. The first-order valence-corrected chi connectivity index (χ1v) is 5.87. The molecule has 0 unspecified atom stereocenters. The molecule has 2 amide bonds. The number of fused-ring (bicyclic) bond motifs is 1. The van der Waals surface area contributed by atoms with Crippen LogP contribution in [-0.4, -0.2) is 17.4 Å².